The third-order valence-corrected chi connectivity index (χ3v) is 4.65. The molecular formula is C19H20ClN3O3. The molecule has 2 amide bonds. The van der Waals surface area contributed by atoms with Crippen molar-refractivity contribution in [3.05, 3.63) is 53.3 Å². The average Bonchev–Trinajstić information content (AvgIpc) is 3.04. The van der Waals surface area contributed by atoms with Crippen molar-refractivity contribution in [1.29, 1.82) is 0 Å². The van der Waals surface area contributed by atoms with Crippen molar-refractivity contribution in [2.45, 2.75) is 19.4 Å². The maximum Gasteiger partial charge on any atom is 0.227 e. The molecule has 1 fully saturated rings. The van der Waals surface area contributed by atoms with Gasteiger partial charge in [-0.15, -0.1) is 0 Å². The molecule has 1 aromatic heterocycles. The number of rotatable bonds is 5. The quantitative estimate of drug-likeness (QED) is 0.874. The summed E-state index contributed by atoms with van der Waals surface area (Å²) >= 11 is 6.06. The Morgan fingerprint density at radius 1 is 1.38 bits per heavy atom. The fourth-order valence-electron chi connectivity index (χ4n) is 3.03. The molecule has 26 heavy (non-hydrogen) atoms. The number of benzene rings is 1. The molecule has 0 aliphatic carbocycles. The maximum atomic E-state index is 12.6. The molecule has 0 bridgehead atoms. The van der Waals surface area contributed by atoms with Gasteiger partial charge >= 0.3 is 0 Å². The highest BCUT2D eigenvalue weighted by atomic mass is 35.5. The predicted octanol–water partition coefficient (Wildman–Crippen LogP) is 2.97. The first-order valence-electron chi connectivity index (χ1n) is 8.34. The smallest absolute Gasteiger partial charge is 0.227 e. The van der Waals surface area contributed by atoms with Crippen LogP contribution in [0.2, 0.25) is 5.02 Å². The van der Waals surface area contributed by atoms with E-state index >= 15 is 0 Å². The lowest BCUT2D eigenvalue weighted by Gasteiger charge is -2.20. The number of halogens is 1. The molecule has 1 aliphatic rings. The molecule has 3 rings (SSSR count). The van der Waals surface area contributed by atoms with Crippen LogP contribution < -0.4 is 15.0 Å². The second-order valence-corrected chi connectivity index (χ2v) is 6.64. The van der Waals surface area contributed by atoms with Crippen LogP contribution in [0.3, 0.4) is 0 Å². The van der Waals surface area contributed by atoms with Gasteiger partial charge in [-0.1, -0.05) is 17.7 Å². The minimum absolute atomic E-state index is 0.129. The summed E-state index contributed by atoms with van der Waals surface area (Å²) in [5.74, 6) is -0.181. The van der Waals surface area contributed by atoms with Crippen LogP contribution in [0.4, 0.5) is 5.69 Å². The Labute approximate surface area is 157 Å². The lowest BCUT2D eigenvalue weighted by Crippen LogP contribution is -2.34. The van der Waals surface area contributed by atoms with Crippen LogP contribution in [-0.2, 0) is 9.59 Å². The monoisotopic (exact) mass is 373 g/mol. The normalized spacial score (nSPS) is 17.9. The van der Waals surface area contributed by atoms with Gasteiger partial charge in [0.15, 0.2) is 0 Å². The molecule has 1 N–H and O–H groups in total. The number of ether oxygens (including phenoxy) is 1. The molecule has 0 unspecified atom stereocenters. The average molecular weight is 374 g/mol. The van der Waals surface area contributed by atoms with E-state index in [0.717, 1.165) is 5.69 Å². The lowest BCUT2D eigenvalue weighted by molar-refractivity contribution is -0.126. The first-order valence-corrected chi connectivity index (χ1v) is 8.72. The molecular weight excluding hydrogens is 354 g/mol. The molecule has 2 atom stereocenters. The van der Waals surface area contributed by atoms with Crippen LogP contribution >= 0.6 is 11.6 Å². The number of hydrogen-bond acceptors (Lipinski definition) is 4. The molecule has 7 heteroatoms. The summed E-state index contributed by atoms with van der Waals surface area (Å²) in [6.45, 7) is 2.16. The molecule has 6 nitrogen and oxygen atoms in total. The van der Waals surface area contributed by atoms with Crippen LogP contribution in [0.5, 0.6) is 5.75 Å². The SMILES string of the molecule is COc1ccc(Cl)cc1N1C[C@@H](C(=O)N[C@H](C)c2ccccn2)CC1=O. The van der Waals surface area contributed by atoms with E-state index in [0.29, 0.717) is 16.5 Å². The Morgan fingerprint density at radius 3 is 2.88 bits per heavy atom. The Kier molecular flexibility index (Phi) is 5.42. The first-order chi connectivity index (χ1) is 12.5. The Hall–Kier alpha value is -2.60. The fraction of sp³-hybridized carbons (Fsp3) is 0.316. The number of aromatic nitrogens is 1. The number of carbonyl (C=O) groups excluding carboxylic acids is 2. The number of hydrogen-bond donors (Lipinski definition) is 1. The number of carbonyl (C=O) groups is 2. The molecule has 2 aromatic rings. The molecule has 1 aliphatic heterocycles. The minimum atomic E-state index is -0.433. The van der Waals surface area contributed by atoms with Gasteiger partial charge in [-0.05, 0) is 37.3 Å². The zero-order valence-corrected chi connectivity index (χ0v) is 15.4. The van der Waals surface area contributed by atoms with E-state index in [4.69, 9.17) is 16.3 Å². The van der Waals surface area contributed by atoms with Crippen LogP contribution in [0, 0.1) is 5.92 Å². The maximum absolute atomic E-state index is 12.6. The predicted molar refractivity (Wildman–Crippen MR) is 99.3 cm³/mol. The zero-order valence-electron chi connectivity index (χ0n) is 14.6. The summed E-state index contributed by atoms with van der Waals surface area (Å²) in [5, 5.41) is 3.44. The largest absolute Gasteiger partial charge is 0.495 e. The van der Waals surface area contributed by atoms with E-state index in [1.807, 2.05) is 25.1 Å². The van der Waals surface area contributed by atoms with E-state index in [1.54, 1.807) is 29.3 Å². The summed E-state index contributed by atoms with van der Waals surface area (Å²) in [6, 6.07) is 10.4. The summed E-state index contributed by atoms with van der Waals surface area (Å²) < 4.78 is 5.32. The van der Waals surface area contributed by atoms with Crippen molar-refractivity contribution in [2.24, 2.45) is 5.92 Å². The summed E-state index contributed by atoms with van der Waals surface area (Å²) in [7, 11) is 1.53. The van der Waals surface area contributed by atoms with Gasteiger partial charge in [0.1, 0.15) is 5.75 Å². The van der Waals surface area contributed by atoms with Gasteiger partial charge in [0.2, 0.25) is 11.8 Å². The molecule has 1 aromatic carbocycles. The summed E-state index contributed by atoms with van der Waals surface area (Å²) in [6.07, 6.45) is 1.83. The number of nitrogens with one attached hydrogen (secondary N) is 1. The minimum Gasteiger partial charge on any atom is -0.495 e. The van der Waals surface area contributed by atoms with Crippen molar-refractivity contribution in [3.63, 3.8) is 0 Å². The van der Waals surface area contributed by atoms with E-state index in [-0.39, 0.29) is 30.8 Å². The zero-order chi connectivity index (χ0) is 18.7. The van der Waals surface area contributed by atoms with Gasteiger partial charge in [0.05, 0.1) is 30.5 Å². The van der Waals surface area contributed by atoms with Crippen molar-refractivity contribution in [1.82, 2.24) is 10.3 Å². The van der Waals surface area contributed by atoms with Gasteiger partial charge in [-0.3, -0.25) is 14.6 Å². The first kappa shape index (κ1) is 18.2. The van der Waals surface area contributed by atoms with E-state index < -0.39 is 5.92 Å². The van der Waals surface area contributed by atoms with E-state index in [2.05, 4.69) is 10.3 Å². The number of pyridine rings is 1. The van der Waals surface area contributed by atoms with Gasteiger partial charge < -0.3 is 15.0 Å². The highest BCUT2D eigenvalue weighted by molar-refractivity contribution is 6.31. The van der Waals surface area contributed by atoms with Gasteiger partial charge in [0, 0.05) is 24.2 Å². The third kappa shape index (κ3) is 3.80. The molecule has 0 saturated carbocycles. The number of nitrogens with zero attached hydrogens (tertiary/aromatic N) is 2. The van der Waals surface area contributed by atoms with Gasteiger partial charge in [0.25, 0.3) is 0 Å². The van der Waals surface area contributed by atoms with Crippen molar-refractivity contribution >= 4 is 29.1 Å². The fourth-order valence-corrected chi connectivity index (χ4v) is 3.19. The van der Waals surface area contributed by atoms with Crippen molar-refractivity contribution in [3.8, 4) is 5.75 Å². The molecule has 1 saturated heterocycles. The second kappa shape index (κ2) is 7.74. The summed E-state index contributed by atoms with van der Waals surface area (Å²) in [5.41, 5.74) is 1.36. The summed E-state index contributed by atoms with van der Waals surface area (Å²) in [4.78, 5) is 30.9. The van der Waals surface area contributed by atoms with Gasteiger partial charge in [-0.2, -0.15) is 0 Å². The van der Waals surface area contributed by atoms with Crippen LogP contribution in [0.1, 0.15) is 25.1 Å². The van der Waals surface area contributed by atoms with Gasteiger partial charge in [-0.25, -0.2) is 0 Å². The second-order valence-electron chi connectivity index (χ2n) is 6.21. The molecule has 136 valence electrons. The number of amides is 2. The lowest BCUT2D eigenvalue weighted by atomic mass is 10.1. The Morgan fingerprint density at radius 2 is 2.19 bits per heavy atom. The third-order valence-electron chi connectivity index (χ3n) is 4.42. The number of methoxy groups -OCH3 is 1. The molecule has 2 heterocycles. The van der Waals surface area contributed by atoms with Crippen LogP contribution in [-0.4, -0.2) is 30.5 Å². The van der Waals surface area contributed by atoms with Crippen LogP contribution in [0.15, 0.2) is 42.6 Å². The highest BCUT2D eigenvalue weighted by Gasteiger charge is 2.36. The van der Waals surface area contributed by atoms with E-state index in [1.165, 1.54) is 7.11 Å². The Bertz CT molecular complexity index is 813. The molecule has 0 radical (unpaired) electrons. The van der Waals surface area contributed by atoms with Crippen molar-refractivity contribution in [2.75, 3.05) is 18.6 Å². The highest BCUT2D eigenvalue weighted by Crippen LogP contribution is 2.35. The van der Waals surface area contributed by atoms with Crippen molar-refractivity contribution < 1.29 is 14.3 Å². The van der Waals surface area contributed by atoms with Crippen LogP contribution in [0.25, 0.3) is 0 Å². The molecule has 0 spiro atoms. The number of anilines is 1. The topological polar surface area (TPSA) is 71.5 Å². The van der Waals surface area contributed by atoms with E-state index in [9.17, 15) is 9.59 Å². The standard InChI is InChI=1S/C19H20ClN3O3/c1-12(15-5-3-4-8-21-15)22-19(25)13-9-18(24)23(11-13)16-10-14(20)6-7-17(16)26-2/h3-8,10,12-13H,9,11H2,1-2H3,(H,22,25)/t12-,13+/m1/s1. The Balaban J connectivity index is 1.71.